The Morgan fingerprint density at radius 1 is 1.54 bits per heavy atom. The number of aryl methyl sites for hydroxylation is 1. The van der Waals surface area contributed by atoms with Crippen molar-refractivity contribution in [1.82, 2.24) is 9.55 Å². The van der Waals surface area contributed by atoms with E-state index in [1.807, 2.05) is 19.3 Å². The van der Waals surface area contributed by atoms with Gasteiger partial charge < -0.3 is 10.3 Å². The molecule has 1 aromatic rings. The molecule has 0 bridgehead atoms. The Kier molecular flexibility index (Phi) is 2.76. The third-order valence-electron chi connectivity index (χ3n) is 2.43. The van der Waals surface area contributed by atoms with Crippen LogP contribution in [0, 0.1) is 12.3 Å². The van der Waals surface area contributed by atoms with Crippen molar-refractivity contribution in [2.75, 3.05) is 0 Å². The molecular formula is C10H19N3. The van der Waals surface area contributed by atoms with Crippen LogP contribution >= 0.6 is 0 Å². The lowest BCUT2D eigenvalue weighted by molar-refractivity contribution is 0.290. The zero-order valence-corrected chi connectivity index (χ0v) is 8.91. The van der Waals surface area contributed by atoms with Gasteiger partial charge in [-0.1, -0.05) is 20.8 Å². The summed E-state index contributed by atoms with van der Waals surface area (Å²) in [5, 5.41) is 0. The molecule has 0 saturated heterocycles. The molecule has 0 aliphatic carbocycles. The molecule has 3 nitrogen and oxygen atoms in total. The average molecular weight is 181 g/mol. The zero-order valence-electron chi connectivity index (χ0n) is 8.91. The highest BCUT2D eigenvalue weighted by Crippen LogP contribution is 2.18. The van der Waals surface area contributed by atoms with Crippen LogP contribution in [0.2, 0.25) is 0 Å². The Balaban J connectivity index is 2.65. The van der Waals surface area contributed by atoms with Gasteiger partial charge in [0.15, 0.2) is 0 Å². The topological polar surface area (TPSA) is 43.8 Å². The highest BCUT2D eigenvalue weighted by molar-refractivity contribution is 4.91. The fourth-order valence-electron chi connectivity index (χ4n) is 1.08. The van der Waals surface area contributed by atoms with E-state index in [9.17, 15) is 0 Å². The molecule has 1 atom stereocenters. The molecule has 0 aliphatic rings. The number of rotatable bonds is 2. The smallest absolute Gasteiger partial charge is 0.105 e. The Hall–Kier alpha value is -0.830. The van der Waals surface area contributed by atoms with E-state index in [1.165, 1.54) is 0 Å². The molecule has 2 N–H and O–H groups in total. The van der Waals surface area contributed by atoms with Crippen LogP contribution in [0.3, 0.4) is 0 Å². The van der Waals surface area contributed by atoms with Crippen LogP contribution in [-0.2, 0) is 6.54 Å². The minimum Gasteiger partial charge on any atom is -0.334 e. The number of aromatic nitrogens is 2. The van der Waals surface area contributed by atoms with Gasteiger partial charge in [-0.2, -0.15) is 0 Å². The van der Waals surface area contributed by atoms with Gasteiger partial charge in [0.1, 0.15) is 5.82 Å². The summed E-state index contributed by atoms with van der Waals surface area (Å²) in [6.07, 6.45) is 3.78. The first-order valence-corrected chi connectivity index (χ1v) is 4.64. The second-order valence-corrected chi connectivity index (χ2v) is 4.60. The van der Waals surface area contributed by atoms with Gasteiger partial charge in [-0.05, 0) is 12.3 Å². The van der Waals surface area contributed by atoms with E-state index < -0.39 is 0 Å². The fourth-order valence-corrected chi connectivity index (χ4v) is 1.08. The van der Waals surface area contributed by atoms with Crippen LogP contribution in [0.15, 0.2) is 12.4 Å². The van der Waals surface area contributed by atoms with Crippen LogP contribution in [0.25, 0.3) is 0 Å². The van der Waals surface area contributed by atoms with Gasteiger partial charge in [-0.15, -0.1) is 0 Å². The SMILES string of the molecule is Cc1nccn1C[C@H](N)C(C)(C)C. The van der Waals surface area contributed by atoms with Crippen molar-refractivity contribution in [1.29, 1.82) is 0 Å². The van der Waals surface area contributed by atoms with E-state index in [1.54, 1.807) is 0 Å². The Labute approximate surface area is 80.0 Å². The van der Waals surface area contributed by atoms with Crippen LogP contribution in [-0.4, -0.2) is 15.6 Å². The summed E-state index contributed by atoms with van der Waals surface area (Å²) in [5.41, 5.74) is 6.21. The molecule has 0 amide bonds. The molecule has 0 saturated carbocycles. The summed E-state index contributed by atoms with van der Waals surface area (Å²) in [6.45, 7) is 9.31. The van der Waals surface area contributed by atoms with E-state index in [4.69, 9.17) is 5.73 Å². The van der Waals surface area contributed by atoms with Gasteiger partial charge >= 0.3 is 0 Å². The summed E-state index contributed by atoms with van der Waals surface area (Å²) in [6, 6.07) is 0.167. The molecule has 0 spiro atoms. The van der Waals surface area contributed by atoms with Gasteiger partial charge in [0, 0.05) is 25.0 Å². The third-order valence-corrected chi connectivity index (χ3v) is 2.43. The van der Waals surface area contributed by atoms with E-state index in [2.05, 4.69) is 30.3 Å². The average Bonchev–Trinajstić information content (AvgIpc) is 2.34. The molecule has 1 aromatic heterocycles. The summed E-state index contributed by atoms with van der Waals surface area (Å²) in [7, 11) is 0. The Morgan fingerprint density at radius 2 is 2.15 bits per heavy atom. The maximum absolute atomic E-state index is 6.06. The van der Waals surface area contributed by atoms with Crippen LogP contribution in [0.5, 0.6) is 0 Å². The predicted octanol–water partition coefficient (Wildman–Crippen LogP) is 1.56. The fraction of sp³-hybridized carbons (Fsp3) is 0.700. The number of hydrogen-bond donors (Lipinski definition) is 1. The number of nitrogens with two attached hydrogens (primary N) is 1. The van der Waals surface area contributed by atoms with Gasteiger partial charge in [0.05, 0.1) is 0 Å². The number of nitrogens with zero attached hydrogens (tertiary/aromatic N) is 2. The molecule has 0 aromatic carbocycles. The monoisotopic (exact) mass is 181 g/mol. The second kappa shape index (κ2) is 3.50. The Morgan fingerprint density at radius 3 is 2.54 bits per heavy atom. The minimum atomic E-state index is 0.150. The van der Waals surface area contributed by atoms with Crippen molar-refractivity contribution in [3.05, 3.63) is 18.2 Å². The lowest BCUT2D eigenvalue weighted by atomic mass is 9.87. The van der Waals surface area contributed by atoms with Crippen molar-refractivity contribution in [3.8, 4) is 0 Å². The zero-order chi connectivity index (χ0) is 10.1. The van der Waals surface area contributed by atoms with E-state index in [-0.39, 0.29) is 11.5 Å². The number of imidazole rings is 1. The standard InChI is InChI=1S/C10H19N3/c1-8-12-5-6-13(8)7-9(11)10(2,3)4/h5-6,9H,7,11H2,1-4H3/t9-/m0/s1. The maximum Gasteiger partial charge on any atom is 0.105 e. The number of hydrogen-bond acceptors (Lipinski definition) is 2. The highest BCUT2D eigenvalue weighted by Gasteiger charge is 2.20. The summed E-state index contributed by atoms with van der Waals surface area (Å²) in [5.74, 6) is 1.03. The van der Waals surface area contributed by atoms with Gasteiger partial charge in [-0.3, -0.25) is 0 Å². The molecule has 0 fully saturated rings. The van der Waals surface area contributed by atoms with E-state index >= 15 is 0 Å². The highest BCUT2D eigenvalue weighted by atomic mass is 15.1. The van der Waals surface area contributed by atoms with Crippen LogP contribution in [0.4, 0.5) is 0 Å². The first kappa shape index (κ1) is 10.3. The molecule has 1 heterocycles. The van der Waals surface area contributed by atoms with Crippen molar-refractivity contribution in [2.45, 2.75) is 40.3 Å². The predicted molar refractivity (Wildman–Crippen MR) is 54.4 cm³/mol. The molecule has 74 valence electrons. The molecule has 0 radical (unpaired) electrons. The lowest BCUT2D eigenvalue weighted by Gasteiger charge is -2.27. The minimum absolute atomic E-state index is 0.150. The molecule has 0 aliphatic heterocycles. The second-order valence-electron chi connectivity index (χ2n) is 4.60. The molecule has 1 rings (SSSR count). The van der Waals surface area contributed by atoms with E-state index in [0.29, 0.717) is 0 Å². The van der Waals surface area contributed by atoms with Crippen molar-refractivity contribution in [3.63, 3.8) is 0 Å². The molecule has 0 unspecified atom stereocenters. The van der Waals surface area contributed by atoms with E-state index in [0.717, 1.165) is 12.4 Å². The summed E-state index contributed by atoms with van der Waals surface area (Å²) in [4.78, 5) is 4.16. The first-order valence-electron chi connectivity index (χ1n) is 4.64. The van der Waals surface area contributed by atoms with Crippen LogP contribution in [0.1, 0.15) is 26.6 Å². The quantitative estimate of drug-likeness (QED) is 0.752. The summed E-state index contributed by atoms with van der Waals surface area (Å²) < 4.78 is 2.09. The maximum atomic E-state index is 6.06. The third kappa shape index (κ3) is 2.56. The van der Waals surface area contributed by atoms with Gasteiger partial charge in [0.2, 0.25) is 0 Å². The lowest BCUT2D eigenvalue weighted by Crippen LogP contribution is -2.38. The van der Waals surface area contributed by atoms with Crippen molar-refractivity contribution in [2.24, 2.45) is 11.1 Å². The van der Waals surface area contributed by atoms with Crippen molar-refractivity contribution < 1.29 is 0 Å². The van der Waals surface area contributed by atoms with Crippen molar-refractivity contribution >= 4 is 0 Å². The first-order chi connectivity index (χ1) is 5.91. The Bertz CT molecular complexity index is 270. The largest absolute Gasteiger partial charge is 0.334 e. The molecular weight excluding hydrogens is 162 g/mol. The molecule has 3 heteroatoms. The van der Waals surface area contributed by atoms with Crippen LogP contribution < -0.4 is 5.73 Å². The van der Waals surface area contributed by atoms with Gasteiger partial charge in [-0.25, -0.2) is 4.98 Å². The molecule has 13 heavy (non-hydrogen) atoms. The normalized spacial score (nSPS) is 14.5. The van der Waals surface area contributed by atoms with Gasteiger partial charge in [0.25, 0.3) is 0 Å². The summed E-state index contributed by atoms with van der Waals surface area (Å²) >= 11 is 0.